The van der Waals surface area contributed by atoms with Crippen LogP contribution in [-0.2, 0) is 11.3 Å². The first-order valence-corrected chi connectivity index (χ1v) is 7.98. The quantitative estimate of drug-likeness (QED) is 0.859. The van der Waals surface area contributed by atoms with Gasteiger partial charge in [0.1, 0.15) is 6.54 Å². The summed E-state index contributed by atoms with van der Waals surface area (Å²) in [5, 5.41) is 24.6. The maximum absolute atomic E-state index is 12.0. The third-order valence-electron chi connectivity index (χ3n) is 4.11. The Labute approximate surface area is 134 Å². The molecule has 2 unspecified atom stereocenters. The van der Waals surface area contributed by atoms with Crippen molar-refractivity contribution in [2.24, 2.45) is 5.92 Å². The van der Waals surface area contributed by atoms with Crippen molar-refractivity contribution in [1.29, 1.82) is 0 Å². The molecular weight excluding hydrogens is 294 g/mol. The van der Waals surface area contributed by atoms with E-state index in [-0.39, 0.29) is 18.6 Å². The van der Waals surface area contributed by atoms with Gasteiger partial charge >= 0.3 is 0 Å². The largest absolute Gasteiger partial charge is 0.393 e. The van der Waals surface area contributed by atoms with Gasteiger partial charge in [0, 0.05) is 12.1 Å². The molecule has 1 aromatic carbocycles. The third kappa shape index (κ3) is 4.35. The average Bonchev–Trinajstić information content (AvgIpc) is 3.02. The third-order valence-corrected chi connectivity index (χ3v) is 4.11. The van der Waals surface area contributed by atoms with Gasteiger partial charge in [-0.05, 0) is 30.4 Å². The first-order chi connectivity index (χ1) is 11.2. The molecular formula is C16H21N5O2. The molecule has 122 valence electrons. The van der Waals surface area contributed by atoms with Crippen LogP contribution in [0.5, 0.6) is 0 Å². The van der Waals surface area contributed by atoms with Crippen LogP contribution in [0.4, 0.5) is 0 Å². The lowest BCUT2D eigenvalue weighted by molar-refractivity contribution is -0.122. The number of aliphatic hydroxyl groups is 1. The van der Waals surface area contributed by atoms with E-state index in [2.05, 4.69) is 20.7 Å². The Kier molecular flexibility index (Phi) is 4.97. The van der Waals surface area contributed by atoms with Crippen LogP contribution in [-0.4, -0.2) is 43.9 Å². The highest BCUT2D eigenvalue weighted by Gasteiger charge is 2.20. The molecule has 2 atom stereocenters. The van der Waals surface area contributed by atoms with Crippen LogP contribution >= 0.6 is 0 Å². The van der Waals surface area contributed by atoms with Crippen molar-refractivity contribution in [1.82, 2.24) is 25.5 Å². The van der Waals surface area contributed by atoms with Gasteiger partial charge in [-0.1, -0.05) is 36.8 Å². The number of aliphatic hydroxyl groups excluding tert-OH is 1. The SMILES string of the molecule is O=C(Cn1nnc(-c2ccccc2)n1)NCC1CCCC(O)C1. The topological polar surface area (TPSA) is 92.9 Å². The fourth-order valence-electron chi connectivity index (χ4n) is 2.90. The number of nitrogens with one attached hydrogen (secondary N) is 1. The zero-order valence-electron chi connectivity index (χ0n) is 12.9. The number of amides is 1. The molecule has 0 radical (unpaired) electrons. The van der Waals surface area contributed by atoms with Crippen molar-refractivity contribution in [3.05, 3.63) is 30.3 Å². The standard InChI is InChI=1S/C16H21N5O2/c22-14-8-4-5-12(9-14)10-17-15(23)11-21-19-16(18-20-21)13-6-2-1-3-7-13/h1-3,6-7,12,14,22H,4-5,8-11H2,(H,17,23). The zero-order chi connectivity index (χ0) is 16.1. The van der Waals surface area contributed by atoms with Crippen LogP contribution in [0.25, 0.3) is 11.4 Å². The summed E-state index contributed by atoms with van der Waals surface area (Å²) in [5.41, 5.74) is 0.871. The number of carbonyl (C=O) groups excluding carboxylic acids is 1. The molecule has 1 aliphatic carbocycles. The van der Waals surface area contributed by atoms with Gasteiger partial charge < -0.3 is 10.4 Å². The average molecular weight is 315 g/mol. The lowest BCUT2D eigenvalue weighted by atomic mass is 9.87. The number of benzene rings is 1. The number of nitrogens with zero attached hydrogens (tertiary/aromatic N) is 4. The second kappa shape index (κ2) is 7.32. The molecule has 7 nitrogen and oxygen atoms in total. The molecule has 3 rings (SSSR count). The van der Waals surface area contributed by atoms with Gasteiger partial charge in [0.05, 0.1) is 6.10 Å². The van der Waals surface area contributed by atoms with Crippen molar-refractivity contribution in [2.75, 3.05) is 6.54 Å². The summed E-state index contributed by atoms with van der Waals surface area (Å²) in [6, 6.07) is 9.53. The number of tetrazole rings is 1. The van der Waals surface area contributed by atoms with Crippen LogP contribution < -0.4 is 5.32 Å². The van der Waals surface area contributed by atoms with E-state index in [4.69, 9.17) is 0 Å². The van der Waals surface area contributed by atoms with Crippen LogP contribution in [0.15, 0.2) is 30.3 Å². The van der Waals surface area contributed by atoms with E-state index >= 15 is 0 Å². The van der Waals surface area contributed by atoms with Gasteiger partial charge in [-0.2, -0.15) is 4.80 Å². The molecule has 23 heavy (non-hydrogen) atoms. The number of carbonyl (C=O) groups is 1. The summed E-state index contributed by atoms with van der Waals surface area (Å²) in [6.45, 7) is 0.644. The summed E-state index contributed by atoms with van der Waals surface area (Å²) >= 11 is 0. The predicted octanol–water partition coefficient (Wildman–Crippen LogP) is 1.01. The fourth-order valence-corrected chi connectivity index (χ4v) is 2.90. The Balaban J connectivity index is 1.49. The van der Waals surface area contributed by atoms with Crippen molar-refractivity contribution in [2.45, 2.75) is 38.3 Å². The van der Waals surface area contributed by atoms with E-state index in [1.54, 1.807) is 0 Å². The zero-order valence-corrected chi connectivity index (χ0v) is 12.9. The van der Waals surface area contributed by atoms with E-state index in [0.717, 1.165) is 31.2 Å². The molecule has 1 saturated carbocycles. The van der Waals surface area contributed by atoms with Gasteiger partial charge in [-0.3, -0.25) is 4.79 Å². The molecule has 1 amide bonds. The van der Waals surface area contributed by atoms with E-state index < -0.39 is 0 Å². The van der Waals surface area contributed by atoms with E-state index in [1.165, 1.54) is 4.80 Å². The normalized spacial score (nSPS) is 21.1. The van der Waals surface area contributed by atoms with E-state index in [1.807, 2.05) is 30.3 Å². The first kappa shape index (κ1) is 15.6. The lowest BCUT2D eigenvalue weighted by Crippen LogP contribution is -2.35. The predicted molar refractivity (Wildman–Crippen MR) is 84.2 cm³/mol. The van der Waals surface area contributed by atoms with Crippen LogP contribution in [0.2, 0.25) is 0 Å². The Morgan fingerprint density at radius 3 is 2.91 bits per heavy atom. The van der Waals surface area contributed by atoms with Crippen LogP contribution in [0.3, 0.4) is 0 Å². The summed E-state index contributed by atoms with van der Waals surface area (Å²) in [7, 11) is 0. The van der Waals surface area contributed by atoms with Crippen LogP contribution in [0, 0.1) is 5.92 Å². The van der Waals surface area contributed by atoms with Crippen molar-refractivity contribution in [3.8, 4) is 11.4 Å². The molecule has 0 saturated heterocycles. The summed E-state index contributed by atoms with van der Waals surface area (Å²) in [4.78, 5) is 13.3. The number of hydrogen-bond acceptors (Lipinski definition) is 5. The minimum atomic E-state index is -0.226. The first-order valence-electron chi connectivity index (χ1n) is 7.98. The van der Waals surface area contributed by atoms with Crippen molar-refractivity contribution < 1.29 is 9.90 Å². The van der Waals surface area contributed by atoms with Gasteiger partial charge in [-0.15, -0.1) is 10.2 Å². The fraction of sp³-hybridized carbons (Fsp3) is 0.500. The minimum Gasteiger partial charge on any atom is -0.393 e. The Morgan fingerprint density at radius 2 is 2.13 bits per heavy atom. The molecule has 2 N–H and O–H groups in total. The molecule has 7 heteroatoms. The highest BCUT2D eigenvalue weighted by molar-refractivity contribution is 5.75. The molecule has 1 fully saturated rings. The molecule has 2 aromatic rings. The molecule has 1 aromatic heterocycles. The van der Waals surface area contributed by atoms with Crippen LogP contribution in [0.1, 0.15) is 25.7 Å². The monoisotopic (exact) mass is 315 g/mol. The summed E-state index contributed by atoms with van der Waals surface area (Å²) < 4.78 is 0. The highest BCUT2D eigenvalue weighted by Crippen LogP contribution is 2.23. The lowest BCUT2D eigenvalue weighted by Gasteiger charge is -2.25. The molecule has 1 aliphatic rings. The molecule has 1 heterocycles. The van der Waals surface area contributed by atoms with E-state index in [0.29, 0.717) is 18.3 Å². The molecule has 0 spiro atoms. The second-order valence-electron chi connectivity index (χ2n) is 6.00. The molecule has 0 bridgehead atoms. The summed E-state index contributed by atoms with van der Waals surface area (Å²) in [6.07, 6.45) is 3.48. The van der Waals surface area contributed by atoms with Gasteiger partial charge in [0.25, 0.3) is 0 Å². The van der Waals surface area contributed by atoms with Crippen molar-refractivity contribution in [3.63, 3.8) is 0 Å². The summed E-state index contributed by atoms with van der Waals surface area (Å²) in [5.74, 6) is 0.724. The maximum Gasteiger partial charge on any atom is 0.243 e. The van der Waals surface area contributed by atoms with Gasteiger partial charge in [-0.25, -0.2) is 0 Å². The maximum atomic E-state index is 12.0. The van der Waals surface area contributed by atoms with Gasteiger partial charge in [0.2, 0.25) is 11.7 Å². The van der Waals surface area contributed by atoms with E-state index in [9.17, 15) is 9.90 Å². The molecule has 0 aliphatic heterocycles. The second-order valence-corrected chi connectivity index (χ2v) is 6.00. The number of aromatic nitrogens is 4. The highest BCUT2D eigenvalue weighted by atomic mass is 16.3. The van der Waals surface area contributed by atoms with Gasteiger partial charge in [0.15, 0.2) is 0 Å². The Bertz CT molecular complexity index is 643. The van der Waals surface area contributed by atoms with Crippen molar-refractivity contribution >= 4 is 5.91 Å². The smallest absolute Gasteiger partial charge is 0.243 e. The Morgan fingerprint density at radius 1 is 1.30 bits per heavy atom. The number of hydrogen-bond donors (Lipinski definition) is 2. The Hall–Kier alpha value is -2.28. The minimum absolute atomic E-state index is 0.0507. The number of rotatable bonds is 5.